The lowest BCUT2D eigenvalue weighted by Crippen LogP contribution is -2.16. The summed E-state index contributed by atoms with van der Waals surface area (Å²) in [5.74, 6) is 0.835. The maximum absolute atomic E-state index is 5.69. The first kappa shape index (κ1) is 11.0. The van der Waals surface area contributed by atoms with Crippen molar-refractivity contribution < 1.29 is 0 Å². The van der Waals surface area contributed by atoms with Gasteiger partial charge in [0.25, 0.3) is 0 Å². The summed E-state index contributed by atoms with van der Waals surface area (Å²) in [5, 5.41) is 0. The fraction of sp³-hybridized carbons (Fsp3) is 0.667. The molecule has 0 amide bonds. The van der Waals surface area contributed by atoms with Crippen LogP contribution in [0.15, 0.2) is 16.8 Å². The highest BCUT2D eigenvalue weighted by Crippen LogP contribution is 2.01. The van der Waals surface area contributed by atoms with E-state index < -0.39 is 0 Å². The van der Waals surface area contributed by atoms with E-state index in [0.717, 1.165) is 5.70 Å². The minimum absolute atomic E-state index is 0.223. The molecular formula is C9H19N3. The quantitative estimate of drug-likeness (QED) is 0.493. The number of nitrogens with two attached hydrogens (primary N) is 2. The van der Waals surface area contributed by atoms with Gasteiger partial charge in [0.1, 0.15) is 5.84 Å². The number of aliphatic imine (C=N–C) groups is 1. The highest BCUT2D eigenvalue weighted by molar-refractivity contribution is 5.92. The summed E-state index contributed by atoms with van der Waals surface area (Å²) in [6, 6.07) is 0.223. The van der Waals surface area contributed by atoms with E-state index in [9.17, 15) is 0 Å². The Labute approximate surface area is 74.5 Å². The molecule has 3 nitrogen and oxygen atoms in total. The fourth-order valence-corrected chi connectivity index (χ4v) is 0.673. The number of hydrogen-bond donors (Lipinski definition) is 2. The number of allylic oxidation sites excluding steroid dienone is 1. The molecule has 0 atom stereocenters. The zero-order valence-electron chi connectivity index (χ0n) is 8.33. The summed E-state index contributed by atoms with van der Waals surface area (Å²) in [6.07, 6.45) is 1.73. The van der Waals surface area contributed by atoms with E-state index in [4.69, 9.17) is 11.5 Å². The van der Waals surface area contributed by atoms with Gasteiger partial charge in [-0.25, -0.2) is 0 Å². The minimum atomic E-state index is 0.223. The van der Waals surface area contributed by atoms with Crippen molar-refractivity contribution in [3.8, 4) is 0 Å². The molecule has 0 aliphatic carbocycles. The van der Waals surface area contributed by atoms with Gasteiger partial charge >= 0.3 is 0 Å². The number of hydrogen-bond acceptors (Lipinski definition) is 2. The Hall–Kier alpha value is -0.990. The number of amidine groups is 1. The maximum atomic E-state index is 5.69. The second kappa shape index (κ2) is 4.80. The lowest BCUT2D eigenvalue weighted by atomic mass is 10.1. The first-order chi connectivity index (χ1) is 5.43. The van der Waals surface area contributed by atoms with E-state index in [1.807, 2.05) is 27.7 Å². The van der Waals surface area contributed by atoms with E-state index in [2.05, 4.69) is 4.99 Å². The normalized spacial score (nSPS) is 14.5. The smallest absolute Gasteiger partial charge is 0.120 e. The lowest BCUT2D eigenvalue weighted by molar-refractivity contribution is 0.757. The lowest BCUT2D eigenvalue weighted by Gasteiger charge is -2.04. The van der Waals surface area contributed by atoms with Crippen molar-refractivity contribution in [2.45, 2.75) is 33.7 Å². The van der Waals surface area contributed by atoms with Crippen LogP contribution in [0.3, 0.4) is 0 Å². The molecular weight excluding hydrogens is 150 g/mol. The molecule has 0 aliphatic heterocycles. The zero-order chi connectivity index (χ0) is 9.72. The maximum Gasteiger partial charge on any atom is 0.120 e. The average Bonchev–Trinajstić information content (AvgIpc) is 1.84. The van der Waals surface area contributed by atoms with Gasteiger partial charge in [0.15, 0.2) is 0 Å². The second-order valence-electron chi connectivity index (χ2n) is 3.45. The van der Waals surface area contributed by atoms with Gasteiger partial charge in [0, 0.05) is 11.7 Å². The monoisotopic (exact) mass is 169 g/mol. The summed E-state index contributed by atoms with van der Waals surface area (Å²) in [6.45, 7) is 8.00. The molecule has 0 fully saturated rings. The van der Waals surface area contributed by atoms with Crippen molar-refractivity contribution in [3.63, 3.8) is 0 Å². The summed E-state index contributed by atoms with van der Waals surface area (Å²) in [4.78, 5) is 4.14. The predicted molar refractivity (Wildman–Crippen MR) is 53.9 cm³/mol. The van der Waals surface area contributed by atoms with Crippen LogP contribution in [0.5, 0.6) is 0 Å². The second-order valence-corrected chi connectivity index (χ2v) is 3.45. The van der Waals surface area contributed by atoms with Crippen molar-refractivity contribution >= 4 is 5.84 Å². The van der Waals surface area contributed by atoms with Crippen LogP contribution in [-0.4, -0.2) is 11.9 Å². The SMILES string of the molecule is CC(C)N=C(N)C=C(N)C(C)C. The Morgan fingerprint density at radius 1 is 1.17 bits per heavy atom. The fourth-order valence-electron chi connectivity index (χ4n) is 0.673. The summed E-state index contributed by atoms with van der Waals surface area (Å²) in [7, 11) is 0. The van der Waals surface area contributed by atoms with Crippen LogP contribution in [0.25, 0.3) is 0 Å². The molecule has 0 aliphatic rings. The first-order valence-corrected chi connectivity index (χ1v) is 4.23. The van der Waals surface area contributed by atoms with Gasteiger partial charge in [0.2, 0.25) is 0 Å². The van der Waals surface area contributed by atoms with Crippen LogP contribution in [-0.2, 0) is 0 Å². The van der Waals surface area contributed by atoms with Crippen LogP contribution >= 0.6 is 0 Å². The molecule has 0 aromatic heterocycles. The van der Waals surface area contributed by atoms with Crippen LogP contribution in [0.2, 0.25) is 0 Å². The zero-order valence-corrected chi connectivity index (χ0v) is 8.33. The molecule has 3 heteroatoms. The van der Waals surface area contributed by atoms with E-state index >= 15 is 0 Å². The first-order valence-electron chi connectivity index (χ1n) is 4.23. The molecule has 12 heavy (non-hydrogen) atoms. The molecule has 0 unspecified atom stereocenters. The number of rotatable bonds is 3. The Kier molecular flexibility index (Phi) is 4.40. The number of nitrogens with zero attached hydrogens (tertiary/aromatic N) is 1. The van der Waals surface area contributed by atoms with Gasteiger partial charge < -0.3 is 11.5 Å². The molecule has 4 N–H and O–H groups in total. The van der Waals surface area contributed by atoms with Gasteiger partial charge in [-0.1, -0.05) is 13.8 Å². The van der Waals surface area contributed by atoms with E-state index in [0.29, 0.717) is 11.8 Å². The van der Waals surface area contributed by atoms with E-state index in [1.165, 1.54) is 0 Å². The largest absolute Gasteiger partial charge is 0.402 e. The highest BCUT2D eigenvalue weighted by Gasteiger charge is 1.98. The molecule has 0 bridgehead atoms. The van der Waals surface area contributed by atoms with Crippen LogP contribution < -0.4 is 11.5 Å². The molecule has 70 valence electrons. The predicted octanol–water partition coefficient (Wildman–Crippen LogP) is 1.25. The third-order valence-electron chi connectivity index (χ3n) is 1.39. The van der Waals surface area contributed by atoms with Crippen molar-refractivity contribution in [3.05, 3.63) is 11.8 Å². The Morgan fingerprint density at radius 2 is 1.67 bits per heavy atom. The van der Waals surface area contributed by atoms with Crippen LogP contribution in [0.4, 0.5) is 0 Å². The van der Waals surface area contributed by atoms with Crippen molar-refractivity contribution in [2.24, 2.45) is 22.4 Å². The average molecular weight is 169 g/mol. The van der Waals surface area contributed by atoms with Gasteiger partial charge in [-0.3, -0.25) is 4.99 Å². The third-order valence-corrected chi connectivity index (χ3v) is 1.39. The molecule has 0 saturated carbocycles. The topological polar surface area (TPSA) is 64.4 Å². The summed E-state index contributed by atoms with van der Waals surface area (Å²) < 4.78 is 0. The Morgan fingerprint density at radius 3 is 2.00 bits per heavy atom. The van der Waals surface area contributed by atoms with Crippen molar-refractivity contribution in [1.29, 1.82) is 0 Å². The Balaban J connectivity index is 4.33. The summed E-state index contributed by atoms with van der Waals surface area (Å²) >= 11 is 0. The molecule has 0 radical (unpaired) electrons. The van der Waals surface area contributed by atoms with E-state index in [1.54, 1.807) is 6.08 Å². The molecule has 0 spiro atoms. The highest BCUT2D eigenvalue weighted by atomic mass is 14.9. The third kappa shape index (κ3) is 4.77. The van der Waals surface area contributed by atoms with Crippen molar-refractivity contribution in [2.75, 3.05) is 0 Å². The van der Waals surface area contributed by atoms with Gasteiger partial charge in [-0.15, -0.1) is 0 Å². The molecule has 0 aromatic rings. The molecule has 0 rings (SSSR count). The van der Waals surface area contributed by atoms with Crippen LogP contribution in [0.1, 0.15) is 27.7 Å². The van der Waals surface area contributed by atoms with Crippen molar-refractivity contribution in [1.82, 2.24) is 0 Å². The Bertz CT molecular complexity index is 190. The van der Waals surface area contributed by atoms with Crippen LogP contribution in [0, 0.1) is 5.92 Å². The standard InChI is InChI=1S/C9H19N3/c1-6(2)8(10)5-9(11)12-7(3)4/h5-7H,10H2,1-4H3,(H2,11,12). The van der Waals surface area contributed by atoms with Gasteiger partial charge in [0.05, 0.1) is 0 Å². The van der Waals surface area contributed by atoms with Gasteiger partial charge in [-0.2, -0.15) is 0 Å². The molecule has 0 aromatic carbocycles. The molecule has 0 saturated heterocycles. The minimum Gasteiger partial charge on any atom is -0.402 e. The summed E-state index contributed by atoms with van der Waals surface area (Å²) in [5.41, 5.74) is 12.1. The molecule has 0 heterocycles. The van der Waals surface area contributed by atoms with Gasteiger partial charge in [-0.05, 0) is 25.8 Å². The van der Waals surface area contributed by atoms with E-state index in [-0.39, 0.29) is 6.04 Å².